The van der Waals surface area contributed by atoms with Crippen molar-refractivity contribution in [1.29, 1.82) is 0 Å². The number of thiazole rings is 1. The molecule has 3 fully saturated rings. The van der Waals surface area contributed by atoms with Crippen LogP contribution in [0.5, 0.6) is 23.0 Å². The third-order valence-corrected chi connectivity index (χ3v) is 11.5. The molecule has 1 saturated heterocycles. The van der Waals surface area contributed by atoms with E-state index in [9.17, 15) is 19.5 Å². The van der Waals surface area contributed by atoms with Crippen LogP contribution in [0, 0.1) is 29.6 Å². The number of thioether (sulfide) groups is 1. The van der Waals surface area contributed by atoms with Crippen molar-refractivity contribution in [3.8, 4) is 23.0 Å². The van der Waals surface area contributed by atoms with Crippen molar-refractivity contribution in [2.45, 2.75) is 22.6 Å². The number of benzene rings is 2. The summed E-state index contributed by atoms with van der Waals surface area (Å²) >= 11 is 2.81. The number of H-pyrrole nitrogens is 1. The van der Waals surface area contributed by atoms with Crippen LogP contribution in [0.2, 0.25) is 0 Å². The van der Waals surface area contributed by atoms with Gasteiger partial charge < -0.3 is 24.3 Å². The summed E-state index contributed by atoms with van der Waals surface area (Å²) in [5, 5.41) is 11.4. The summed E-state index contributed by atoms with van der Waals surface area (Å²) in [4.78, 5) is 45.3. The molecule has 9 nitrogen and oxygen atoms in total. The van der Waals surface area contributed by atoms with Crippen LogP contribution in [0.1, 0.15) is 22.8 Å². The molecule has 0 spiro atoms. The Bertz CT molecular complexity index is 1540. The molecule has 202 valence electrons. The number of imide groups is 1. The number of amides is 2. The molecular formula is C28H26N2O7S2. The molecule has 0 radical (unpaired) electrons. The number of aromatic amines is 1. The van der Waals surface area contributed by atoms with E-state index in [1.807, 2.05) is 0 Å². The lowest BCUT2D eigenvalue weighted by molar-refractivity contribution is -0.123. The van der Waals surface area contributed by atoms with Gasteiger partial charge in [-0.1, -0.05) is 11.3 Å². The van der Waals surface area contributed by atoms with Gasteiger partial charge in [0.1, 0.15) is 5.75 Å². The molecule has 3 heterocycles. The Morgan fingerprint density at radius 3 is 2.18 bits per heavy atom. The first-order chi connectivity index (χ1) is 18.9. The number of aromatic hydroxyl groups is 1. The van der Waals surface area contributed by atoms with Crippen molar-refractivity contribution >= 4 is 40.6 Å². The van der Waals surface area contributed by atoms with Crippen LogP contribution < -0.4 is 24.0 Å². The summed E-state index contributed by atoms with van der Waals surface area (Å²) in [6, 6.07) is 10.6. The van der Waals surface area contributed by atoms with Gasteiger partial charge in [0.25, 0.3) is 0 Å². The number of carbonyl (C=O) groups excluding carboxylic acids is 2. The SMILES string of the molecule is COc1ccc(N2C(=O)C3C(C2=O)[C@@H]2C[C@H]3C3Sc4[nH]c(=O)sc4C(c4cc(OC)c(O)c(OC)c4)C32)cc1. The standard InChI is InChI=1S/C28H26N2O7S2/c1-35-13-6-4-12(5-7-13)30-26(32)20-14-10-15(21(20)27(30)33)23-19(14)18(24-25(38-23)29-28(34)39-24)11-8-16(36-2)22(31)17(9-11)37-3/h4-9,14-15,18-21,23,31H,10H2,1-3H3,(H,29,34)/t14-,15-,18?,19?,20?,21?,23?/m1/s1. The van der Waals surface area contributed by atoms with Gasteiger partial charge in [-0.15, -0.1) is 11.8 Å². The van der Waals surface area contributed by atoms with Crippen molar-refractivity contribution in [3.05, 3.63) is 56.5 Å². The topological polar surface area (TPSA) is 118 Å². The average molecular weight is 567 g/mol. The fourth-order valence-electron chi connectivity index (χ4n) is 7.47. The van der Waals surface area contributed by atoms with Crippen molar-refractivity contribution < 1.29 is 28.9 Å². The minimum atomic E-state index is -0.410. The summed E-state index contributed by atoms with van der Waals surface area (Å²) in [7, 11) is 4.54. The number of hydrogen-bond acceptors (Lipinski definition) is 9. The number of fused-ring (bicyclic) bond motifs is 9. The number of rotatable bonds is 5. The van der Waals surface area contributed by atoms with Gasteiger partial charge >= 0.3 is 4.87 Å². The number of ether oxygens (including phenoxy) is 3. The first-order valence-electron chi connectivity index (χ1n) is 12.7. The summed E-state index contributed by atoms with van der Waals surface area (Å²) in [5.74, 6) is -0.176. The first kappa shape index (κ1) is 24.6. The van der Waals surface area contributed by atoms with Crippen molar-refractivity contribution in [1.82, 2.24) is 4.98 Å². The van der Waals surface area contributed by atoms with E-state index in [0.29, 0.717) is 11.4 Å². The van der Waals surface area contributed by atoms with Crippen LogP contribution in [0.4, 0.5) is 5.69 Å². The number of aromatic nitrogens is 1. The number of carbonyl (C=O) groups is 2. The van der Waals surface area contributed by atoms with Gasteiger partial charge in [-0.05, 0) is 66.1 Å². The van der Waals surface area contributed by atoms with Crippen molar-refractivity contribution in [3.63, 3.8) is 0 Å². The number of hydrogen-bond donors (Lipinski definition) is 2. The van der Waals surface area contributed by atoms with Gasteiger partial charge in [0.15, 0.2) is 11.5 Å². The number of nitrogens with zero attached hydrogens (tertiary/aromatic N) is 1. The van der Waals surface area contributed by atoms with Crippen LogP contribution in [0.3, 0.4) is 0 Å². The molecule has 2 amide bonds. The lowest BCUT2D eigenvalue weighted by Gasteiger charge is -2.43. The third kappa shape index (κ3) is 3.35. The zero-order valence-electron chi connectivity index (χ0n) is 21.4. The Hall–Kier alpha value is -3.44. The summed E-state index contributed by atoms with van der Waals surface area (Å²) in [6.45, 7) is 0. The highest BCUT2D eigenvalue weighted by Gasteiger charge is 2.69. The number of phenols is 1. The maximum Gasteiger partial charge on any atom is 0.305 e. The van der Waals surface area contributed by atoms with E-state index >= 15 is 0 Å². The highest BCUT2D eigenvalue weighted by atomic mass is 32.2. The van der Waals surface area contributed by atoms with Gasteiger partial charge in [-0.3, -0.25) is 19.3 Å². The van der Waals surface area contributed by atoms with Gasteiger partial charge in [0, 0.05) is 16.0 Å². The largest absolute Gasteiger partial charge is 0.502 e. The molecule has 39 heavy (non-hydrogen) atoms. The Balaban J connectivity index is 1.33. The predicted octanol–water partition coefficient (Wildman–Crippen LogP) is 3.85. The second kappa shape index (κ2) is 8.79. The van der Waals surface area contributed by atoms with Crippen molar-refractivity contribution in [2.75, 3.05) is 26.2 Å². The second-order valence-electron chi connectivity index (χ2n) is 10.4. The van der Waals surface area contributed by atoms with Crippen LogP contribution in [-0.4, -0.2) is 48.5 Å². The Morgan fingerprint density at radius 1 is 0.923 bits per heavy atom. The van der Waals surface area contributed by atoms with E-state index in [0.717, 1.165) is 21.9 Å². The van der Waals surface area contributed by atoms with Crippen LogP contribution in [-0.2, 0) is 9.59 Å². The van der Waals surface area contributed by atoms with E-state index in [1.54, 1.807) is 55.3 Å². The second-order valence-corrected chi connectivity index (χ2v) is 12.6. The molecule has 7 atom stereocenters. The fraction of sp³-hybridized carbons (Fsp3) is 0.393. The molecule has 5 unspecified atom stereocenters. The molecule has 2 aliphatic carbocycles. The van der Waals surface area contributed by atoms with Crippen LogP contribution in [0.25, 0.3) is 0 Å². The zero-order chi connectivity index (χ0) is 27.2. The Labute approximate surface area is 232 Å². The quantitative estimate of drug-likeness (QED) is 0.448. The van der Waals surface area contributed by atoms with E-state index < -0.39 is 5.92 Å². The van der Waals surface area contributed by atoms with E-state index in [2.05, 4.69) is 4.98 Å². The molecule has 1 aromatic heterocycles. The minimum absolute atomic E-state index is 0.00894. The molecule has 4 aliphatic rings. The van der Waals surface area contributed by atoms with Gasteiger partial charge in [-0.25, -0.2) is 0 Å². The number of phenolic OH excluding ortho intramolecular Hbond substituents is 1. The lowest BCUT2D eigenvalue weighted by atomic mass is 9.68. The Morgan fingerprint density at radius 2 is 1.56 bits per heavy atom. The maximum atomic E-state index is 13.9. The molecular weight excluding hydrogens is 540 g/mol. The molecule has 3 aromatic rings. The maximum absolute atomic E-state index is 13.9. The molecule has 7 rings (SSSR count). The summed E-state index contributed by atoms with van der Waals surface area (Å²) < 4.78 is 16.1. The molecule has 11 heteroatoms. The number of methoxy groups -OCH3 is 3. The predicted molar refractivity (Wildman–Crippen MR) is 145 cm³/mol. The highest BCUT2D eigenvalue weighted by Crippen LogP contribution is 2.69. The summed E-state index contributed by atoms with van der Waals surface area (Å²) in [5.41, 5.74) is 1.41. The minimum Gasteiger partial charge on any atom is -0.502 e. The van der Waals surface area contributed by atoms with E-state index in [-0.39, 0.29) is 68.8 Å². The number of anilines is 1. The fourth-order valence-corrected chi connectivity index (χ4v) is 10.4. The molecule has 2 aromatic carbocycles. The molecule has 2 saturated carbocycles. The monoisotopic (exact) mass is 566 g/mol. The van der Waals surface area contributed by atoms with Gasteiger partial charge in [0.05, 0.1) is 43.9 Å². The smallest absolute Gasteiger partial charge is 0.305 e. The molecule has 2 N–H and O–H groups in total. The zero-order valence-corrected chi connectivity index (χ0v) is 23.0. The normalized spacial score (nSPS) is 30.2. The number of nitrogens with one attached hydrogen (secondary N) is 1. The first-order valence-corrected chi connectivity index (χ1v) is 14.4. The van der Waals surface area contributed by atoms with E-state index in [4.69, 9.17) is 14.2 Å². The highest BCUT2D eigenvalue weighted by molar-refractivity contribution is 8.00. The molecule has 2 aliphatic heterocycles. The van der Waals surface area contributed by atoms with Crippen LogP contribution >= 0.6 is 23.1 Å². The molecule has 2 bridgehead atoms. The van der Waals surface area contributed by atoms with E-state index in [1.165, 1.54) is 30.5 Å². The Kier molecular flexibility index (Phi) is 5.54. The summed E-state index contributed by atoms with van der Waals surface area (Å²) in [6.07, 6.45) is 0.785. The van der Waals surface area contributed by atoms with Crippen LogP contribution in [0.15, 0.2) is 46.2 Å². The van der Waals surface area contributed by atoms with Gasteiger partial charge in [-0.2, -0.15) is 0 Å². The average Bonchev–Trinajstić information content (AvgIpc) is 3.67. The lowest BCUT2D eigenvalue weighted by Crippen LogP contribution is -2.42. The van der Waals surface area contributed by atoms with Gasteiger partial charge in [0.2, 0.25) is 17.6 Å². The third-order valence-electron chi connectivity index (χ3n) is 8.92. The van der Waals surface area contributed by atoms with Crippen molar-refractivity contribution in [2.24, 2.45) is 29.6 Å².